The van der Waals surface area contributed by atoms with Crippen LogP contribution < -0.4 is 14.8 Å². The van der Waals surface area contributed by atoms with E-state index in [4.69, 9.17) is 9.47 Å². The summed E-state index contributed by atoms with van der Waals surface area (Å²) in [6, 6.07) is 10.7. The molecule has 0 aliphatic carbocycles. The predicted octanol–water partition coefficient (Wildman–Crippen LogP) is 1.67. The van der Waals surface area contributed by atoms with E-state index in [2.05, 4.69) is 13.3 Å². The molecule has 1 aromatic heterocycles. The Morgan fingerprint density at radius 3 is 3.00 bits per heavy atom. The second-order valence-corrected chi connectivity index (χ2v) is 5.57. The number of aromatic nitrogens is 2. The molecule has 0 saturated carbocycles. The minimum atomic E-state index is -0.212. The van der Waals surface area contributed by atoms with Crippen LogP contribution in [-0.2, 0) is 0 Å². The molecule has 0 atom stereocenters. The topological polar surface area (TPSA) is 73.3 Å². The first-order chi connectivity index (χ1) is 10.3. The zero-order valence-corrected chi connectivity index (χ0v) is 12.4. The van der Waals surface area contributed by atoms with Crippen LogP contribution >= 0.6 is 0 Å². The zero-order valence-electron chi connectivity index (χ0n) is 10.7. The molecular formula is C14H9N3O3Se. The van der Waals surface area contributed by atoms with Crippen LogP contribution in [0.1, 0.15) is 10.4 Å². The standard InChI is InChI=1S/C14H9N3O3Se/c18-14(8-4-5-11-12(6-8)20-7-19-11)15-9-2-1-3-10-13(9)17-21-16-10/h1-6H,7H2,(H,15,18). The monoisotopic (exact) mass is 347 g/mol. The summed E-state index contributed by atoms with van der Waals surface area (Å²) in [6.45, 7) is 0.190. The molecule has 0 fully saturated rings. The zero-order chi connectivity index (χ0) is 14.2. The number of ether oxygens (including phenoxy) is 2. The van der Waals surface area contributed by atoms with Gasteiger partial charge in [0.2, 0.25) is 0 Å². The molecule has 1 aliphatic rings. The van der Waals surface area contributed by atoms with Gasteiger partial charge in [-0.3, -0.25) is 0 Å². The Bertz CT molecular complexity index is 846. The Hall–Kier alpha value is -2.37. The number of carbonyl (C=O) groups excluding carboxylic acids is 1. The third-order valence-electron chi connectivity index (χ3n) is 3.17. The van der Waals surface area contributed by atoms with E-state index in [0.717, 1.165) is 11.0 Å². The summed E-state index contributed by atoms with van der Waals surface area (Å²) in [5, 5.41) is 2.87. The van der Waals surface area contributed by atoms with Crippen molar-refractivity contribution in [3.63, 3.8) is 0 Å². The molecule has 1 amide bonds. The van der Waals surface area contributed by atoms with Gasteiger partial charge in [-0.1, -0.05) is 0 Å². The molecule has 2 heterocycles. The molecule has 1 aliphatic heterocycles. The molecule has 21 heavy (non-hydrogen) atoms. The van der Waals surface area contributed by atoms with Crippen LogP contribution in [0.2, 0.25) is 0 Å². The van der Waals surface area contributed by atoms with Crippen LogP contribution in [0, 0.1) is 0 Å². The van der Waals surface area contributed by atoms with Crippen LogP contribution in [0.5, 0.6) is 11.5 Å². The molecule has 0 saturated heterocycles. The van der Waals surface area contributed by atoms with Gasteiger partial charge in [-0.2, -0.15) is 0 Å². The molecule has 7 heteroatoms. The molecule has 0 bridgehead atoms. The summed E-state index contributed by atoms with van der Waals surface area (Å²) in [4.78, 5) is 12.3. The normalized spacial score (nSPS) is 12.6. The Kier molecular flexibility index (Phi) is 2.87. The first-order valence-electron chi connectivity index (χ1n) is 6.23. The molecule has 104 valence electrons. The predicted molar refractivity (Wildman–Crippen MR) is 77.0 cm³/mol. The SMILES string of the molecule is O=C(Nc1cccc2n[se]nc12)c1ccc2c(c1)OCO2. The van der Waals surface area contributed by atoms with Gasteiger partial charge in [0.05, 0.1) is 0 Å². The van der Waals surface area contributed by atoms with Crippen LogP contribution in [0.4, 0.5) is 5.69 Å². The molecule has 6 nitrogen and oxygen atoms in total. The van der Waals surface area contributed by atoms with E-state index < -0.39 is 0 Å². The molecular weight excluding hydrogens is 337 g/mol. The van der Waals surface area contributed by atoms with E-state index in [1.165, 1.54) is 0 Å². The number of benzene rings is 2. The molecule has 1 N–H and O–H groups in total. The van der Waals surface area contributed by atoms with Gasteiger partial charge in [-0.05, 0) is 0 Å². The van der Waals surface area contributed by atoms with Crippen molar-refractivity contribution in [2.24, 2.45) is 0 Å². The fraction of sp³-hybridized carbons (Fsp3) is 0.0714. The van der Waals surface area contributed by atoms with Gasteiger partial charge in [-0.15, -0.1) is 0 Å². The second-order valence-electron chi connectivity index (χ2n) is 4.46. The van der Waals surface area contributed by atoms with Crippen molar-refractivity contribution in [1.29, 1.82) is 0 Å². The van der Waals surface area contributed by atoms with E-state index in [1.807, 2.05) is 18.2 Å². The van der Waals surface area contributed by atoms with Gasteiger partial charge in [-0.25, -0.2) is 0 Å². The third kappa shape index (κ3) is 2.16. The van der Waals surface area contributed by atoms with Gasteiger partial charge in [0, 0.05) is 0 Å². The van der Waals surface area contributed by atoms with Crippen molar-refractivity contribution in [3.05, 3.63) is 42.0 Å². The number of nitrogens with zero attached hydrogens (tertiary/aromatic N) is 2. The summed E-state index contributed by atoms with van der Waals surface area (Å²) in [7, 11) is 0. The molecule has 0 spiro atoms. The first-order valence-corrected chi connectivity index (χ1v) is 7.77. The average Bonchev–Trinajstić information content (AvgIpc) is 3.15. The summed E-state index contributed by atoms with van der Waals surface area (Å²) >= 11 is -0.123. The van der Waals surface area contributed by atoms with Crippen LogP contribution in [0.3, 0.4) is 0 Å². The van der Waals surface area contributed by atoms with Crippen LogP contribution in [0.25, 0.3) is 11.0 Å². The Morgan fingerprint density at radius 1 is 1.14 bits per heavy atom. The van der Waals surface area contributed by atoms with Crippen molar-refractivity contribution in [1.82, 2.24) is 7.96 Å². The van der Waals surface area contributed by atoms with Crippen LogP contribution in [-0.4, -0.2) is 35.6 Å². The third-order valence-corrected chi connectivity index (χ3v) is 4.31. The fourth-order valence-corrected chi connectivity index (χ4v) is 3.29. The van der Waals surface area contributed by atoms with Crippen molar-refractivity contribution in [2.75, 3.05) is 12.1 Å². The quantitative estimate of drug-likeness (QED) is 0.715. The van der Waals surface area contributed by atoms with Crippen LogP contribution in [0.15, 0.2) is 36.4 Å². The van der Waals surface area contributed by atoms with E-state index in [1.54, 1.807) is 18.2 Å². The van der Waals surface area contributed by atoms with E-state index in [-0.39, 0.29) is 27.7 Å². The number of hydrogen-bond acceptors (Lipinski definition) is 5. The van der Waals surface area contributed by atoms with Crippen molar-refractivity contribution >= 4 is 37.6 Å². The Balaban J connectivity index is 1.65. The minimum absolute atomic E-state index is 0.123. The number of anilines is 1. The number of nitrogens with one attached hydrogen (secondary N) is 1. The summed E-state index contributed by atoms with van der Waals surface area (Å²) in [6.07, 6.45) is 0. The maximum absolute atomic E-state index is 12.3. The summed E-state index contributed by atoms with van der Waals surface area (Å²) in [5.74, 6) is 1.03. The average molecular weight is 346 g/mol. The molecule has 2 aromatic carbocycles. The molecule has 0 radical (unpaired) electrons. The maximum atomic E-state index is 12.3. The van der Waals surface area contributed by atoms with E-state index >= 15 is 0 Å². The van der Waals surface area contributed by atoms with Gasteiger partial charge < -0.3 is 0 Å². The Morgan fingerprint density at radius 2 is 2.05 bits per heavy atom. The van der Waals surface area contributed by atoms with Gasteiger partial charge in [0.25, 0.3) is 0 Å². The molecule has 3 aromatic rings. The fourth-order valence-electron chi connectivity index (χ4n) is 2.14. The van der Waals surface area contributed by atoms with E-state index in [9.17, 15) is 4.79 Å². The van der Waals surface area contributed by atoms with Crippen molar-refractivity contribution < 1.29 is 14.3 Å². The number of hydrogen-bond donors (Lipinski definition) is 1. The summed E-state index contributed by atoms with van der Waals surface area (Å²) < 4.78 is 19.1. The first kappa shape index (κ1) is 12.4. The Labute approximate surface area is 125 Å². The number of fused-ring (bicyclic) bond motifs is 2. The number of rotatable bonds is 2. The second kappa shape index (κ2) is 4.87. The molecule has 4 rings (SSSR count). The van der Waals surface area contributed by atoms with E-state index in [0.29, 0.717) is 22.7 Å². The number of amides is 1. The molecule has 0 unspecified atom stereocenters. The van der Waals surface area contributed by atoms with Gasteiger partial charge >= 0.3 is 125 Å². The van der Waals surface area contributed by atoms with Gasteiger partial charge in [0.15, 0.2) is 0 Å². The van der Waals surface area contributed by atoms with Crippen molar-refractivity contribution in [2.45, 2.75) is 0 Å². The van der Waals surface area contributed by atoms with Crippen molar-refractivity contribution in [3.8, 4) is 11.5 Å². The summed E-state index contributed by atoms with van der Waals surface area (Å²) in [5.41, 5.74) is 2.78. The number of carbonyl (C=O) groups is 1. The van der Waals surface area contributed by atoms with Gasteiger partial charge in [0.1, 0.15) is 0 Å².